The smallest absolute Gasteiger partial charge is 0.313 e. The van der Waals surface area contributed by atoms with Gasteiger partial charge in [-0.15, -0.1) is 29.7 Å². The van der Waals surface area contributed by atoms with E-state index < -0.39 is 11.8 Å². The van der Waals surface area contributed by atoms with Gasteiger partial charge in [-0.3, -0.25) is 14.6 Å². The van der Waals surface area contributed by atoms with Crippen molar-refractivity contribution in [3.63, 3.8) is 0 Å². The summed E-state index contributed by atoms with van der Waals surface area (Å²) in [5, 5.41) is 3.11. The maximum absolute atomic E-state index is 13.0. The Morgan fingerprint density at radius 1 is 0.816 bits per heavy atom. The molecule has 5 aromatic rings. The third kappa shape index (κ3) is 3.84. The molecule has 2 aromatic heterocycles. The number of fused-ring (bicyclic) bond motifs is 6. The summed E-state index contributed by atoms with van der Waals surface area (Å²) < 4.78 is 13.1. The minimum absolute atomic E-state index is 0. The van der Waals surface area contributed by atoms with Crippen LogP contribution in [0.5, 0.6) is 0 Å². The zero-order valence-electron chi connectivity index (χ0n) is 20.6. The van der Waals surface area contributed by atoms with E-state index in [4.69, 9.17) is 14.5 Å². The fourth-order valence-electron chi connectivity index (χ4n) is 6.08. The van der Waals surface area contributed by atoms with Gasteiger partial charge >= 0.3 is 11.9 Å². The van der Waals surface area contributed by atoms with Crippen molar-refractivity contribution in [3.8, 4) is 11.3 Å². The molecule has 2 aliphatic rings. The first-order chi connectivity index (χ1) is 18.2. The molecule has 2 unspecified atom stereocenters. The Bertz CT molecular complexity index is 1660. The molecule has 0 aliphatic carbocycles. The van der Waals surface area contributed by atoms with E-state index in [9.17, 15) is 9.59 Å². The number of para-hydroxylation sites is 1. The van der Waals surface area contributed by atoms with Crippen LogP contribution >= 0.6 is 0 Å². The molecule has 38 heavy (non-hydrogen) atoms. The minimum Gasteiger partial charge on any atom is -0.465 e. The molecule has 193 valence electrons. The predicted molar refractivity (Wildman–Crippen MR) is 140 cm³/mol. The van der Waals surface area contributed by atoms with Crippen LogP contribution in [-0.4, -0.2) is 34.5 Å². The molecule has 4 heterocycles. The van der Waals surface area contributed by atoms with Crippen molar-refractivity contribution < 1.29 is 39.2 Å². The third-order valence-corrected chi connectivity index (χ3v) is 7.74. The third-order valence-electron chi connectivity index (χ3n) is 7.74. The van der Waals surface area contributed by atoms with Crippen LogP contribution in [0.4, 0.5) is 0 Å². The summed E-state index contributed by atoms with van der Waals surface area (Å²) in [6.45, 7) is 0.892. The molecule has 2 fully saturated rings. The number of nitrogens with zero attached hydrogens (tertiary/aromatic N) is 2. The van der Waals surface area contributed by atoms with Crippen LogP contribution in [0.15, 0.2) is 66.9 Å². The molecule has 0 amide bonds. The van der Waals surface area contributed by atoms with Gasteiger partial charge < -0.3 is 13.9 Å². The number of pyridine rings is 1. The van der Waals surface area contributed by atoms with Crippen molar-refractivity contribution in [2.75, 3.05) is 13.2 Å². The Balaban J connectivity index is 0.00000264. The molecule has 0 bridgehead atoms. The van der Waals surface area contributed by atoms with Crippen LogP contribution in [0.1, 0.15) is 48.6 Å². The molecule has 2 aliphatic heterocycles. The topological polar surface area (TPSA) is 69.9 Å². The standard InChI is InChI=1S/C31H25N2O4.Ir/c34-30-24(13-6-16-36-30)21-11-5-12-22(25-14-7-17-37-31(25)35)28(21)27-18-32-29-23-10-2-1-8-19(23)20-9-3-4-15-26(20)33(27)29;/h1-5,8-9,11-12,15,18,24-25H,6-7,13-14,16-17H2;/q-1;. The maximum Gasteiger partial charge on any atom is 0.313 e. The van der Waals surface area contributed by atoms with Crippen LogP contribution in [-0.2, 0) is 39.2 Å². The Morgan fingerprint density at radius 2 is 1.47 bits per heavy atom. The van der Waals surface area contributed by atoms with E-state index in [1.807, 2.05) is 48.7 Å². The van der Waals surface area contributed by atoms with Gasteiger partial charge in [0.15, 0.2) is 0 Å². The predicted octanol–water partition coefficient (Wildman–Crippen LogP) is 5.95. The fourth-order valence-corrected chi connectivity index (χ4v) is 6.08. The Kier molecular flexibility index (Phi) is 6.50. The van der Waals surface area contributed by atoms with Gasteiger partial charge in [0.05, 0.1) is 36.4 Å². The van der Waals surface area contributed by atoms with Gasteiger partial charge in [-0.2, -0.15) is 0 Å². The number of imidazole rings is 1. The molecule has 2 atom stereocenters. The van der Waals surface area contributed by atoms with Gasteiger partial charge in [0.25, 0.3) is 0 Å². The number of hydrogen-bond donors (Lipinski definition) is 0. The quantitative estimate of drug-likeness (QED) is 0.134. The fraction of sp³-hybridized carbons (Fsp3) is 0.258. The van der Waals surface area contributed by atoms with Crippen molar-refractivity contribution in [1.82, 2.24) is 9.38 Å². The largest absolute Gasteiger partial charge is 0.465 e. The van der Waals surface area contributed by atoms with Gasteiger partial charge in [0.2, 0.25) is 0 Å². The molecule has 0 spiro atoms. The Hall–Kier alpha value is -3.54. The molecule has 3 aromatic carbocycles. The number of cyclic esters (lactones) is 2. The molecule has 0 saturated carbocycles. The van der Waals surface area contributed by atoms with E-state index in [0.29, 0.717) is 26.1 Å². The maximum atomic E-state index is 13.0. The van der Waals surface area contributed by atoms with Gasteiger partial charge in [-0.1, -0.05) is 41.8 Å². The number of hydrogen-bond acceptors (Lipinski definition) is 5. The van der Waals surface area contributed by atoms with E-state index in [1.165, 1.54) is 0 Å². The van der Waals surface area contributed by atoms with Crippen molar-refractivity contribution in [1.29, 1.82) is 0 Å². The number of benzene rings is 3. The summed E-state index contributed by atoms with van der Waals surface area (Å²) in [6.07, 6.45) is 4.90. The molecular formula is C31H25IrN2O4-. The SMILES string of the molecule is O=C1OCCCC1c1cccc(C2CCCOC2=O)c1-c1cnc2c3[c-]cccc3c3ccccc3n12.[Ir]. The van der Waals surface area contributed by atoms with Crippen LogP contribution in [0.3, 0.4) is 0 Å². The Morgan fingerprint density at radius 3 is 2.16 bits per heavy atom. The second-order valence-electron chi connectivity index (χ2n) is 9.81. The van der Waals surface area contributed by atoms with E-state index >= 15 is 0 Å². The molecule has 7 rings (SSSR count). The number of aromatic nitrogens is 2. The number of carbonyl (C=O) groups excluding carboxylic acids is 2. The number of esters is 2. The van der Waals surface area contributed by atoms with Crippen molar-refractivity contribution >= 4 is 39.3 Å². The normalized spacial score (nSPS) is 19.8. The van der Waals surface area contributed by atoms with Crippen LogP contribution in [0, 0.1) is 6.07 Å². The average Bonchev–Trinajstić information content (AvgIpc) is 3.39. The second-order valence-corrected chi connectivity index (χ2v) is 9.81. The second kappa shape index (κ2) is 9.97. The van der Waals surface area contributed by atoms with Crippen LogP contribution in [0.25, 0.3) is 38.6 Å². The van der Waals surface area contributed by atoms with Crippen molar-refractivity contribution in [3.05, 3.63) is 84.1 Å². The van der Waals surface area contributed by atoms with Gasteiger partial charge in [0.1, 0.15) is 0 Å². The first-order valence-electron chi connectivity index (χ1n) is 12.9. The molecule has 0 N–H and O–H groups in total. The van der Waals surface area contributed by atoms with Crippen LogP contribution in [0.2, 0.25) is 0 Å². The summed E-state index contributed by atoms with van der Waals surface area (Å²) >= 11 is 0. The first-order valence-corrected chi connectivity index (χ1v) is 12.9. The number of rotatable bonds is 3. The summed E-state index contributed by atoms with van der Waals surface area (Å²) in [7, 11) is 0. The monoisotopic (exact) mass is 682 g/mol. The molecular weight excluding hydrogens is 657 g/mol. The first kappa shape index (κ1) is 24.8. The number of ether oxygens (including phenoxy) is 2. The van der Waals surface area contributed by atoms with E-state index in [0.717, 1.165) is 62.5 Å². The zero-order chi connectivity index (χ0) is 24.9. The van der Waals surface area contributed by atoms with Crippen molar-refractivity contribution in [2.24, 2.45) is 0 Å². The van der Waals surface area contributed by atoms with Gasteiger partial charge in [0, 0.05) is 37.4 Å². The van der Waals surface area contributed by atoms with Gasteiger partial charge in [-0.05, 0) is 48.3 Å². The van der Waals surface area contributed by atoms with E-state index in [2.05, 4.69) is 28.7 Å². The van der Waals surface area contributed by atoms with Crippen LogP contribution < -0.4 is 0 Å². The molecule has 6 nitrogen and oxygen atoms in total. The van der Waals surface area contributed by atoms with E-state index in [1.54, 1.807) is 0 Å². The van der Waals surface area contributed by atoms with Gasteiger partial charge in [-0.25, -0.2) is 0 Å². The number of carbonyl (C=O) groups is 2. The van der Waals surface area contributed by atoms with Crippen molar-refractivity contribution in [2.45, 2.75) is 37.5 Å². The molecule has 7 heteroatoms. The summed E-state index contributed by atoms with van der Waals surface area (Å²) in [5.74, 6) is -1.22. The summed E-state index contributed by atoms with van der Waals surface area (Å²) in [5.41, 5.74) is 5.29. The molecule has 2 saturated heterocycles. The Labute approximate surface area is 233 Å². The average molecular weight is 682 g/mol. The molecule has 1 radical (unpaired) electrons. The summed E-state index contributed by atoms with van der Waals surface area (Å²) in [6, 6.07) is 23.6. The zero-order valence-corrected chi connectivity index (χ0v) is 23.0. The minimum atomic E-state index is -0.396. The summed E-state index contributed by atoms with van der Waals surface area (Å²) in [4.78, 5) is 30.8. The van der Waals surface area contributed by atoms with E-state index in [-0.39, 0.29) is 32.0 Å².